The second-order valence-electron chi connectivity index (χ2n) is 4.28. The van der Waals surface area contributed by atoms with Crippen LogP contribution in [0.5, 0.6) is 0 Å². The summed E-state index contributed by atoms with van der Waals surface area (Å²) < 4.78 is 0. The molecule has 1 aliphatic heterocycles. The summed E-state index contributed by atoms with van der Waals surface area (Å²) in [6.07, 6.45) is 1.56. The molecule has 2 N–H and O–H groups in total. The van der Waals surface area contributed by atoms with E-state index >= 15 is 0 Å². The standard InChI is InChI=1S/C12H15NO2/c1-12(11(14)15)8-7-10(13-12)9-5-3-2-4-6-9/h2-6,10,13H,7-8H2,1H3,(H,14,15). The van der Waals surface area contributed by atoms with Crippen LogP contribution in [0, 0.1) is 0 Å². The van der Waals surface area contributed by atoms with E-state index < -0.39 is 11.5 Å². The molecule has 80 valence electrons. The average Bonchev–Trinajstić information content (AvgIpc) is 2.64. The maximum absolute atomic E-state index is 11.0. The second-order valence-corrected chi connectivity index (χ2v) is 4.28. The van der Waals surface area contributed by atoms with Gasteiger partial charge in [-0.05, 0) is 25.3 Å². The highest BCUT2D eigenvalue weighted by Gasteiger charge is 2.40. The van der Waals surface area contributed by atoms with Crippen molar-refractivity contribution in [1.29, 1.82) is 0 Å². The van der Waals surface area contributed by atoms with E-state index in [1.807, 2.05) is 30.3 Å². The quantitative estimate of drug-likeness (QED) is 0.776. The van der Waals surface area contributed by atoms with Crippen molar-refractivity contribution < 1.29 is 9.90 Å². The Morgan fingerprint density at radius 3 is 2.67 bits per heavy atom. The monoisotopic (exact) mass is 205 g/mol. The molecule has 2 atom stereocenters. The number of benzene rings is 1. The van der Waals surface area contributed by atoms with Gasteiger partial charge in [0.25, 0.3) is 0 Å². The first-order valence-corrected chi connectivity index (χ1v) is 5.18. The molecule has 1 aromatic rings. The van der Waals surface area contributed by atoms with Gasteiger partial charge in [-0.15, -0.1) is 0 Å². The van der Waals surface area contributed by atoms with Gasteiger partial charge in [-0.25, -0.2) is 0 Å². The van der Waals surface area contributed by atoms with Crippen molar-refractivity contribution in [3.8, 4) is 0 Å². The largest absolute Gasteiger partial charge is 0.480 e. The van der Waals surface area contributed by atoms with Gasteiger partial charge in [-0.3, -0.25) is 10.1 Å². The number of carboxylic acid groups (broad SMARTS) is 1. The molecule has 1 saturated heterocycles. The molecule has 0 amide bonds. The zero-order valence-electron chi connectivity index (χ0n) is 8.73. The van der Waals surface area contributed by atoms with Gasteiger partial charge in [-0.1, -0.05) is 30.3 Å². The molecule has 0 radical (unpaired) electrons. The molecule has 2 rings (SSSR count). The van der Waals surface area contributed by atoms with Gasteiger partial charge in [-0.2, -0.15) is 0 Å². The minimum Gasteiger partial charge on any atom is -0.480 e. The molecule has 1 aliphatic rings. The van der Waals surface area contributed by atoms with Crippen LogP contribution in [0.15, 0.2) is 30.3 Å². The van der Waals surface area contributed by atoms with Crippen molar-refractivity contribution in [2.24, 2.45) is 0 Å². The molecule has 3 heteroatoms. The van der Waals surface area contributed by atoms with Crippen molar-refractivity contribution in [2.75, 3.05) is 0 Å². The smallest absolute Gasteiger partial charge is 0.323 e. The third kappa shape index (κ3) is 1.88. The van der Waals surface area contributed by atoms with Gasteiger partial charge in [0.2, 0.25) is 0 Å². The minimum atomic E-state index is -0.763. The molecule has 3 nitrogen and oxygen atoms in total. The maximum Gasteiger partial charge on any atom is 0.323 e. The van der Waals surface area contributed by atoms with Crippen molar-refractivity contribution in [1.82, 2.24) is 5.32 Å². The molecule has 0 aliphatic carbocycles. The number of hydrogen-bond acceptors (Lipinski definition) is 2. The lowest BCUT2D eigenvalue weighted by atomic mass is 10.0. The minimum absolute atomic E-state index is 0.173. The first-order chi connectivity index (χ1) is 7.12. The Morgan fingerprint density at radius 2 is 2.13 bits per heavy atom. The summed E-state index contributed by atoms with van der Waals surface area (Å²) in [6.45, 7) is 1.75. The highest BCUT2D eigenvalue weighted by atomic mass is 16.4. The van der Waals surface area contributed by atoms with Crippen LogP contribution < -0.4 is 5.32 Å². The van der Waals surface area contributed by atoms with Crippen molar-refractivity contribution in [3.05, 3.63) is 35.9 Å². The lowest BCUT2D eigenvalue weighted by Crippen LogP contribution is -2.45. The molecular weight excluding hydrogens is 190 g/mol. The summed E-state index contributed by atoms with van der Waals surface area (Å²) in [6, 6.07) is 10.2. The SMILES string of the molecule is CC1(C(=O)O)CCC(c2ccccc2)N1. The molecule has 1 heterocycles. The highest BCUT2D eigenvalue weighted by Crippen LogP contribution is 2.32. The third-order valence-electron chi connectivity index (χ3n) is 3.10. The summed E-state index contributed by atoms with van der Waals surface area (Å²) in [7, 11) is 0. The molecule has 2 unspecified atom stereocenters. The molecule has 15 heavy (non-hydrogen) atoms. The summed E-state index contributed by atoms with van der Waals surface area (Å²) in [5, 5.41) is 12.3. The number of aliphatic carboxylic acids is 1. The normalized spacial score (nSPS) is 30.3. The first kappa shape index (κ1) is 10.2. The zero-order chi connectivity index (χ0) is 10.9. The molecular formula is C12H15NO2. The highest BCUT2D eigenvalue weighted by molar-refractivity contribution is 5.78. The Kier molecular flexibility index (Phi) is 2.49. The first-order valence-electron chi connectivity index (χ1n) is 5.18. The van der Waals surface area contributed by atoms with E-state index in [1.165, 1.54) is 5.56 Å². The van der Waals surface area contributed by atoms with E-state index in [0.29, 0.717) is 6.42 Å². The van der Waals surface area contributed by atoms with Gasteiger partial charge in [0.1, 0.15) is 5.54 Å². The Balaban J connectivity index is 2.14. The molecule has 0 saturated carbocycles. The fraction of sp³-hybridized carbons (Fsp3) is 0.417. The van der Waals surface area contributed by atoms with E-state index in [1.54, 1.807) is 6.92 Å². The number of carboxylic acids is 1. The van der Waals surface area contributed by atoms with Gasteiger partial charge in [0.05, 0.1) is 0 Å². The molecule has 0 bridgehead atoms. The Morgan fingerprint density at radius 1 is 1.47 bits per heavy atom. The predicted octanol–water partition coefficient (Wildman–Crippen LogP) is 1.95. The molecule has 0 spiro atoms. The maximum atomic E-state index is 11.0. The van der Waals surface area contributed by atoms with Gasteiger partial charge in [0, 0.05) is 6.04 Å². The van der Waals surface area contributed by atoms with Crippen LogP contribution in [0.2, 0.25) is 0 Å². The van der Waals surface area contributed by atoms with Crippen LogP contribution in [-0.4, -0.2) is 16.6 Å². The lowest BCUT2D eigenvalue weighted by molar-refractivity contribution is -0.143. The van der Waals surface area contributed by atoms with Gasteiger partial charge in [0.15, 0.2) is 0 Å². The van der Waals surface area contributed by atoms with Crippen LogP contribution >= 0.6 is 0 Å². The van der Waals surface area contributed by atoms with Crippen LogP contribution in [0.25, 0.3) is 0 Å². The van der Waals surface area contributed by atoms with Crippen LogP contribution in [0.1, 0.15) is 31.4 Å². The summed E-state index contributed by atoms with van der Waals surface area (Å²) in [5.41, 5.74) is 0.406. The average molecular weight is 205 g/mol. The fourth-order valence-electron chi connectivity index (χ4n) is 2.07. The molecule has 1 aromatic carbocycles. The zero-order valence-corrected chi connectivity index (χ0v) is 8.73. The van der Waals surface area contributed by atoms with Crippen molar-refractivity contribution >= 4 is 5.97 Å². The summed E-state index contributed by atoms with van der Waals surface area (Å²) in [5.74, 6) is -0.763. The number of nitrogens with one attached hydrogen (secondary N) is 1. The number of hydrogen-bond donors (Lipinski definition) is 2. The summed E-state index contributed by atoms with van der Waals surface area (Å²) >= 11 is 0. The Bertz CT molecular complexity index is 363. The number of rotatable bonds is 2. The third-order valence-corrected chi connectivity index (χ3v) is 3.10. The lowest BCUT2D eigenvalue weighted by Gasteiger charge is -2.20. The van der Waals surface area contributed by atoms with E-state index in [0.717, 1.165) is 6.42 Å². The topological polar surface area (TPSA) is 49.3 Å². The molecule has 1 fully saturated rings. The van der Waals surface area contributed by atoms with E-state index in [-0.39, 0.29) is 6.04 Å². The van der Waals surface area contributed by atoms with E-state index in [9.17, 15) is 4.79 Å². The Hall–Kier alpha value is -1.35. The predicted molar refractivity (Wildman–Crippen MR) is 57.6 cm³/mol. The van der Waals surface area contributed by atoms with Crippen LogP contribution in [-0.2, 0) is 4.79 Å². The Labute approximate surface area is 89.1 Å². The van der Waals surface area contributed by atoms with Gasteiger partial charge < -0.3 is 5.11 Å². The fourth-order valence-corrected chi connectivity index (χ4v) is 2.07. The molecule has 0 aromatic heterocycles. The van der Waals surface area contributed by atoms with Crippen molar-refractivity contribution in [3.63, 3.8) is 0 Å². The van der Waals surface area contributed by atoms with E-state index in [2.05, 4.69) is 5.32 Å². The van der Waals surface area contributed by atoms with Crippen molar-refractivity contribution in [2.45, 2.75) is 31.3 Å². The van der Waals surface area contributed by atoms with Crippen LogP contribution in [0.4, 0.5) is 0 Å². The number of carbonyl (C=O) groups is 1. The van der Waals surface area contributed by atoms with E-state index in [4.69, 9.17) is 5.11 Å². The van der Waals surface area contributed by atoms with Gasteiger partial charge >= 0.3 is 5.97 Å². The van der Waals surface area contributed by atoms with Crippen LogP contribution in [0.3, 0.4) is 0 Å². The summed E-state index contributed by atoms with van der Waals surface area (Å²) in [4.78, 5) is 11.0. The second kappa shape index (κ2) is 3.66.